The Hall–Kier alpha value is -3.03. The minimum atomic E-state index is -4.43. The largest absolute Gasteiger partial charge is 0.491 e. The van der Waals surface area contributed by atoms with Gasteiger partial charge in [0, 0.05) is 23.7 Å². The quantitative estimate of drug-likeness (QED) is 0.741. The van der Waals surface area contributed by atoms with Crippen molar-refractivity contribution in [2.45, 2.75) is 43.9 Å². The van der Waals surface area contributed by atoms with Gasteiger partial charge in [-0.3, -0.25) is 9.59 Å². The Morgan fingerprint density at radius 2 is 1.61 bits per heavy atom. The van der Waals surface area contributed by atoms with Crippen LogP contribution in [0.1, 0.15) is 52.0 Å². The molecule has 1 heterocycles. The van der Waals surface area contributed by atoms with Crippen LogP contribution in [-0.4, -0.2) is 41.9 Å². The molecule has 0 aromatic heterocycles. The van der Waals surface area contributed by atoms with Crippen LogP contribution in [0.3, 0.4) is 0 Å². The third-order valence-electron chi connectivity index (χ3n) is 5.57. The number of carbonyl (C=O) groups excluding carboxylic acids is 2. The van der Waals surface area contributed by atoms with Crippen LogP contribution >= 0.6 is 0 Å². The summed E-state index contributed by atoms with van der Waals surface area (Å²) in [6.07, 6.45) is -0.819. The number of hydrogen-bond acceptors (Lipinski definition) is 3. The van der Waals surface area contributed by atoms with Gasteiger partial charge in [-0.25, -0.2) is 0 Å². The number of ether oxygens (including phenoxy) is 1. The molecule has 4 rings (SSSR count). The van der Waals surface area contributed by atoms with Crippen LogP contribution in [0.4, 0.5) is 13.2 Å². The van der Waals surface area contributed by atoms with Crippen LogP contribution in [0.2, 0.25) is 0 Å². The Kier molecular flexibility index (Phi) is 5.89. The van der Waals surface area contributed by atoms with Crippen molar-refractivity contribution in [1.82, 2.24) is 10.2 Å². The van der Waals surface area contributed by atoms with Crippen molar-refractivity contribution in [2.24, 2.45) is 0 Å². The van der Waals surface area contributed by atoms with Crippen LogP contribution in [0, 0.1) is 0 Å². The second-order valence-corrected chi connectivity index (χ2v) is 7.95. The summed E-state index contributed by atoms with van der Waals surface area (Å²) in [4.78, 5) is 26.5. The maximum Gasteiger partial charge on any atom is 0.416 e. The van der Waals surface area contributed by atoms with Gasteiger partial charge in [0.1, 0.15) is 12.4 Å². The lowest BCUT2D eigenvalue weighted by Crippen LogP contribution is -2.39. The second kappa shape index (κ2) is 8.61. The zero-order valence-corrected chi connectivity index (χ0v) is 16.8. The third kappa shape index (κ3) is 5.18. The minimum Gasteiger partial charge on any atom is -0.491 e. The number of amides is 2. The monoisotopic (exact) mass is 432 g/mol. The molecule has 8 heteroatoms. The topological polar surface area (TPSA) is 58.6 Å². The van der Waals surface area contributed by atoms with Crippen molar-refractivity contribution in [3.8, 4) is 5.75 Å². The van der Waals surface area contributed by atoms with Gasteiger partial charge in [0.25, 0.3) is 11.8 Å². The molecule has 2 aromatic carbocycles. The van der Waals surface area contributed by atoms with Crippen molar-refractivity contribution in [2.75, 3.05) is 13.2 Å². The number of nitrogens with one attached hydrogen (secondary N) is 1. The summed E-state index contributed by atoms with van der Waals surface area (Å²) in [6, 6.07) is 11.3. The molecule has 5 nitrogen and oxygen atoms in total. The maximum absolute atomic E-state index is 12.8. The van der Waals surface area contributed by atoms with Gasteiger partial charge in [-0.15, -0.1) is 0 Å². The van der Waals surface area contributed by atoms with E-state index in [2.05, 4.69) is 5.32 Å². The lowest BCUT2D eigenvalue weighted by Gasteiger charge is -2.25. The van der Waals surface area contributed by atoms with E-state index in [9.17, 15) is 22.8 Å². The number of carbonyl (C=O) groups is 2. The van der Waals surface area contributed by atoms with Crippen molar-refractivity contribution in [3.05, 3.63) is 65.2 Å². The van der Waals surface area contributed by atoms with Gasteiger partial charge < -0.3 is 15.0 Å². The van der Waals surface area contributed by atoms with Gasteiger partial charge in [0.2, 0.25) is 0 Å². The molecule has 1 atom stereocenters. The van der Waals surface area contributed by atoms with Crippen LogP contribution in [0.5, 0.6) is 5.75 Å². The number of hydrogen-bond donors (Lipinski definition) is 1. The molecule has 1 unspecified atom stereocenters. The van der Waals surface area contributed by atoms with E-state index >= 15 is 0 Å². The van der Waals surface area contributed by atoms with Crippen LogP contribution in [-0.2, 0) is 6.18 Å². The number of nitrogens with zero attached hydrogens (tertiary/aromatic N) is 1. The molecule has 2 aliphatic rings. The first kappa shape index (κ1) is 21.2. The fourth-order valence-electron chi connectivity index (χ4n) is 3.64. The average molecular weight is 432 g/mol. The zero-order valence-electron chi connectivity index (χ0n) is 16.8. The van der Waals surface area contributed by atoms with Gasteiger partial charge in [0.05, 0.1) is 11.6 Å². The molecular formula is C23H23F3N2O3. The highest BCUT2D eigenvalue weighted by Crippen LogP contribution is 2.30. The van der Waals surface area contributed by atoms with E-state index in [0.717, 1.165) is 37.8 Å². The highest BCUT2D eigenvalue weighted by Gasteiger charge is 2.32. The van der Waals surface area contributed by atoms with Crippen LogP contribution < -0.4 is 10.1 Å². The molecule has 0 radical (unpaired) electrons. The molecule has 1 N–H and O–H groups in total. The second-order valence-electron chi connectivity index (χ2n) is 7.95. The molecule has 1 saturated heterocycles. The average Bonchev–Trinajstić information content (AvgIpc) is 3.45. The zero-order chi connectivity index (χ0) is 22.0. The van der Waals surface area contributed by atoms with Crippen molar-refractivity contribution in [1.29, 1.82) is 0 Å². The van der Waals surface area contributed by atoms with Crippen LogP contribution in [0.15, 0.2) is 48.5 Å². The van der Waals surface area contributed by atoms with E-state index in [1.165, 1.54) is 12.1 Å². The predicted molar refractivity (Wildman–Crippen MR) is 108 cm³/mol. The number of rotatable bonds is 6. The summed E-state index contributed by atoms with van der Waals surface area (Å²) < 4.78 is 44.0. The Bertz CT molecular complexity index is 938. The molecule has 0 bridgehead atoms. The predicted octanol–water partition coefficient (Wildman–Crippen LogP) is 4.28. The highest BCUT2D eigenvalue weighted by molar-refractivity contribution is 5.95. The van der Waals surface area contributed by atoms with Gasteiger partial charge in [-0.2, -0.15) is 13.2 Å². The molecule has 2 aromatic rings. The molecule has 0 spiro atoms. The van der Waals surface area contributed by atoms with E-state index < -0.39 is 11.7 Å². The molecular weight excluding hydrogens is 409 g/mol. The lowest BCUT2D eigenvalue weighted by atomic mass is 10.1. The fraction of sp³-hybridized carbons (Fsp3) is 0.391. The highest BCUT2D eigenvalue weighted by atomic mass is 19.4. The molecule has 2 amide bonds. The molecule has 1 aliphatic carbocycles. The first-order valence-electron chi connectivity index (χ1n) is 10.3. The van der Waals surface area contributed by atoms with E-state index in [4.69, 9.17) is 4.74 Å². The van der Waals surface area contributed by atoms with E-state index in [1.807, 2.05) is 0 Å². The number of benzene rings is 2. The Morgan fingerprint density at radius 3 is 2.23 bits per heavy atom. The summed E-state index contributed by atoms with van der Waals surface area (Å²) >= 11 is 0. The maximum atomic E-state index is 12.8. The Labute approximate surface area is 178 Å². The van der Waals surface area contributed by atoms with Gasteiger partial charge in [-0.1, -0.05) is 0 Å². The number of halogens is 3. The van der Waals surface area contributed by atoms with Gasteiger partial charge in [-0.05, 0) is 74.2 Å². The smallest absolute Gasteiger partial charge is 0.416 e. The SMILES string of the molecule is O=C(NC1CC1)c1ccc(OCC2CCCN2C(=O)c2ccc(C(F)(F)F)cc2)cc1. The Balaban J connectivity index is 1.34. The summed E-state index contributed by atoms with van der Waals surface area (Å²) in [6.45, 7) is 0.814. The molecule has 164 valence electrons. The van der Waals surface area contributed by atoms with Crippen molar-refractivity contribution < 1.29 is 27.5 Å². The van der Waals surface area contributed by atoms with E-state index in [-0.39, 0.29) is 30.0 Å². The van der Waals surface area contributed by atoms with Gasteiger partial charge >= 0.3 is 6.18 Å². The van der Waals surface area contributed by atoms with E-state index in [1.54, 1.807) is 29.2 Å². The molecule has 2 fully saturated rings. The summed E-state index contributed by atoms with van der Waals surface area (Å²) in [5, 5.41) is 2.93. The molecule has 31 heavy (non-hydrogen) atoms. The fourth-order valence-corrected chi connectivity index (χ4v) is 3.64. The summed E-state index contributed by atoms with van der Waals surface area (Å²) in [7, 11) is 0. The number of alkyl halides is 3. The van der Waals surface area contributed by atoms with Gasteiger partial charge in [0.15, 0.2) is 0 Å². The molecule has 1 aliphatic heterocycles. The van der Waals surface area contributed by atoms with Crippen molar-refractivity contribution >= 4 is 11.8 Å². The lowest BCUT2D eigenvalue weighted by molar-refractivity contribution is -0.137. The first-order chi connectivity index (χ1) is 14.8. The summed E-state index contributed by atoms with van der Waals surface area (Å²) in [5.74, 6) is 0.196. The third-order valence-corrected chi connectivity index (χ3v) is 5.57. The normalized spacial score (nSPS) is 18.7. The standard InChI is InChI=1S/C23H23F3N2O3/c24-23(25,26)17-7-3-16(4-8-17)22(30)28-13-1-2-19(28)14-31-20-11-5-15(6-12-20)21(29)27-18-9-10-18/h3-8,11-12,18-19H,1-2,9-10,13-14H2,(H,27,29). The summed E-state index contributed by atoms with van der Waals surface area (Å²) in [5.41, 5.74) is 0.0183. The Morgan fingerprint density at radius 1 is 0.968 bits per heavy atom. The number of likely N-dealkylation sites (tertiary alicyclic amines) is 1. The van der Waals surface area contributed by atoms with Crippen LogP contribution in [0.25, 0.3) is 0 Å². The minimum absolute atomic E-state index is 0.0989. The van der Waals surface area contributed by atoms with Crippen molar-refractivity contribution in [3.63, 3.8) is 0 Å². The first-order valence-corrected chi connectivity index (χ1v) is 10.3. The van der Waals surface area contributed by atoms with E-state index in [0.29, 0.717) is 23.9 Å². The molecule has 1 saturated carbocycles.